The average Bonchev–Trinajstić information content (AvgIpc) is 2.53. The van der Waals surface area contributed by atoms with Crippen molar-refractivity contribution in [2.75, 3.05) is 5.32 Å². The van der Waals surface area contributed by atoms with Crippen LogP contribution in [0, 0.1) is 0 Å². The van der Waals surface area contributed by atoms with Crippen LogP contribution in [0.25, 0.3) is 11.0 Å². The molecule has 0 bridgehead atoms. The quantitative estimate of drug-likeness (QED) is 0.590. The van der Waals surface area contributed by atoms with E-state index < -0.39 is 22.7 Å². The third-order valence-electron chi connectivity index (χ3n) is 3.28. The molecule has 0 fully saturated rings. The molecule has 0 unspecified atom stereocenters. The Morgan fingerprint density at radius 3 is 2.83 bits per heavy atom. The fraction of sp³-hybridized carbons (Fsp3) is 0.0714. The first-order chi connectivity index (χ1) is 11.0. The molecule has 0 atom stereocenters. The van der Waals surface area contributed by atoms with Crippen LogP contribution in [-0.2, 0) is 7.05 Å². The number of hydrogen-bond donors (Lipinski definition) is 3. The minimum atomic E-state index is -0.763. The number of nitrogens with one attached hydrogen (secondary N) is 3. The van der Waals surface area contributed by atoms with Crippen molar-refractivity contribution in [1.82, 2.24) is 19.5 Å². The molecule has 9 nitrogen and oxygen atoms in total. The number of aromatic nitrogens is 4. The molecule has 3 aromatic rings. The molecular weight excluding hydrogens is 302 g/mol. The van der Waals surface area contributed by atoms with Gasteiger partial charge in [0, 0.05) is 24.8 Å². The van der Waals surface area contributed by atoms with Crippen molar-refractivity contribution >= 4 is 22.6 Å². The Morgan fingerprint density at radius 2 is 2.09 bits per heavy atom. The molecule has 23 heavy (non-hydrogen) atoms. The molecule has 9 heteroatoms. The molecule has 0 aliphatic heterocycles. The lowest BCUT2D eigenvalue weighted by Gasteiger charge is -2.08. The van der Waals surface area contributed by atoms with Crippen molar-refractivity contribution < 1.29 is 4.79 Å². The number of fused-ring (bicyclic) bond motifs is 1. The Labute approximate surface area is 127 Å². The monoisotopic (exact) mass is 313 g/mol. The predicted octanol–water partition coefficient (Wildman–Crippen LogP) is -0.438. The minimum Gasteiger partial charge on any atom is -0.316 e. The molecule has 3 aromatic heterocycles. The molecule has 0 saturated carbocycles. The SMILES string of the molecule is Cn1c(=O)c(C(=O)Nc2c[nH]c(=O)[nH]c2=O)cc2cccnc21. The van der Waals surface area contributed by atoms with E-state index in [0.717, 1.165) is 6.20 Å². The van der Waals surface area contributed by atoms with Crippen LogP contribution in [0.5, 0.6) is 0 Å². The zero-order valence-corrected chi connectivity index (χ0v) is 11.9. The van der Waals surface area contributed by atoms with E-state index in [-0.39, 0.29) is 11.3 Å². The second-order valence-electron chi connectivity index (χ2n) is 4.78. The minimum absolute atomic E-state index is 0.140. The molecule has 0 aliphatic carbocycles. The smallest absolute Gasteiger partial charge is 0.316 e. The number of carbonyl (C=O) groups excluding carboxylic acids is 1. The van der Waals surface area contributed by atoms with Gasteiger partial charge in [0.25, 0.3) is 17.0 Å². The molecule has 1 amide bonds. The normalized spacial score (nSPS) is 10.7. The number of hydrogen-bond acceptors (Lipinski definition) is 5. The van der Waals surface area contributed by atoms with E-state index in [4.69, 9.17) is 0 Å². The van der Waals surface area contributed by atoms with Gasteiger partial charge in [-0.1, -0.05) is 0 Å². The summed E-state index contributed by atoms with van der Waals surface area (Å²) in [5, 5.41) is 2.91. The highest BCUT2D eigenvalue weighted by Crippen LogP contribution is 2.10. The Bertz CT molecular complexity index is 1090. The van der Waals surface area contributed by atoms with E-state index >= 15 is 0 Å². The topological polar surface area (TPSA) is 130 Å². The maximum Gasteiger partial charge on any atom is 0.325 e. The number of anilines is 1. The number of carbonyl (C=O) groups is 1. The lowest BCUT2D eigenvalue weighted by molar-refractivity contribution is 0.102. The van der Waals surface area contributed by atoms with Crippen LogP contribution in [0.1, 0.15) is 10.4 Å². The summed E-state index contributed by atoms with van der Waals surface area (Å²) >= 11 is 0. The summed E-state index contributed by atoms with van der Waals surface area (Å²) in [6, 6.07) is 4.80. The summed E-state index contributed by atoms with van der Waals surface area (Å²) in [5.74, 6) is -0.756. The van der Waals surface area contributed by atoms with Crippen LogP contribution in [-0.4, -0.2) is 25.4 Å². The van der Waals surface area contributed by atoms with Crippen molar-refractivity contribution in [3.8, 4) is 0 Å². The van der Waals surface area contributed by atoms with Crippen LogP contribution >= 0.6 is 0 Å². The van der Waals surface area contributed by atoms with Gasteiger partial charge in [-0.05, 0) is 18.2 Å². The molecule has 0 aromatic carbocycles. The zero-order chi connectivity index (χ0) is 16.6. The molecule has 0 aliphatic rings. The summed E-state index contributed by atoms with van der Waals surface area (Å²) in [6.07, 6.45) is 2.60. The van der Waals surface area contributed by atoms with Crippen molar-refractivity contribution in [3.63, 3.8) is 0 Å². The molecule has 3 heterocycles. The third-order valence-corrected chi connectivity index (χ3v) is 3.28. The van der Waals surface area contributed by atoms with E-state index in [1.54, 1.807) is 18.3 Å². The molecule has 0 spiro atoms. The number of H-pyrrole nitrogens is 2. The van der Waals surface area contributed by atoms with Crippen LogP contribution in [0.15, 0.2) is 45.0 Å². The van der Waals surface area contributed by atoms with Crippen molar-refractivity contribution in [1.29, 1.82) is 0 Å². The van der Waals surface area contributed by atoms with Gasteiger partial charge in [0.1, 0.15) is 16.9 Å². The largest absolute Gasteiger partial charge is 0.325 e. The first kappa shape index (κ1) is 14.4. The van der Waals surface area contributed by atoms with Crippen LogP contribution < -0.4 is 22.1 Å². The summed E-state index contributed by atoms with van der Waals surface area (Å²) in [6.45, 7) is 0. The summed E-state index contributed by atoms with van der Waals surface area (Å²) in [5.41, 5.74) is -1.87. The van der Waals surface area contributed by atoms with Gasteiger partial charge in [-0.25, -0.2) is 9.78 Å². The lowest BCUT2D eigenvalue weighted by Crippen LogP contribution is -2.31. The van der Waals surface area contributed by atoms with Gasteiger partial charge in [0.15, 0.2) is 0 Å². The highest BCUT2D eigenvalue weighted by atomic mass is 16.2. The predicted molar refractivity (Wildman–Crippen MR) is 82.6 cm³/mol. The molecular formula is C14H11N5O4. The van der Waals surface area contributed by atoms with E-state index in [1.165, 1.54) is 17.7 Å². The number of pyridine rings is 2. The van der Waals surface area contributed by atoms with Crippen molar-refractivity contribution in [3.05, 3.63) is 67.3 Å². The van der Waals surface area contributed by atoms with E-state index in [0.29, 0.717) is 11.0 Å². The Kier molecular flexibility index (Phi) is 3.37. The third kappa shape index (κ3) is 2.55. The molecule has 116 valence electrons. The zero-order valence-electron chi connectivity index (χ0n) is 11.9. The second-order valence-corrected chi connectivity index (χ2v) is 4.78. The molecule has 0 radical (unpaired) electrons. The first-order valence-electron chi connectivity index (χ1n) is 6.55. The van der Waals surface area contributed by atoms with Gasteiger partial charge in [-0.3, -0.25) is 23.9 Å². The lowest BCUT2D eigenvalue weighted by atomic mass is 10.2. The van der Waals surface area contributed by atoms with Crippen LogP contribution in [0.4, 0.5) is 5.69 Å². The van der Waals surface area contributed by atoms with Crippen LogP contribution in [0.3, 0.4) is 0 Å². The summed E-state index contributed by atoms with van der Waals surface area (Å²) in [7, 11) is 1.50. The van der Waals surface area contributed by atoms with Gasteiger partial charge >= 0.3 is 5.69 Å². The number of aryl methyl sites for hydroxylation is 1. The Hall–Kier alpha value is -3.49. The van der Waals surface area contributed by atoms with Gasteiger partial charge in [-0.2, -0.15) is 0 Å². The van der Waals surface area contributed by atoms with Crippen LogP contribution in [0.2, 0.25) is 0 Å². The standard InChI is InChI=1S/C14H11N5O4/c1-19-10-7(3-2-4-15-10)5-8(13(19)22)11(20)17-9-6-16-14(23)18-12(9)21/h2-6H,1H3,(H,17,20)(H2,16,18,21,23). The number of amides is 1. The van der Waals surface area contributed by atoms with Gasteiger partial charge in [0.2, 0.25) is 0 Å². The van der Waals surface area contributed by atoms with Gasteiger partial charge in [0.05, 0.1) is 0 Å². The Balaban J connectivity index is 2.08. The highest BCUT2D eigenvalue weighted by molar-refractivity contribution is 6.05. The maximum absolute atomic E-state index is 12.3. The fourth-order valence-electron chi connectivity index (χ4n) is 2.15. The van der Waals surface area contributed by atoms with Crippen molar-refractivity contribution in [2.24, 2.45) is 7.05 Å². The summed E-state index contributed by atoms with van der Waals surface area (Å²) in [4.78, 5) is 55.4. The second kappa shape index (κ2) is 5.37. The average molecular weight is 313 g/mol. The van der Waals surface area contributed by atoms with Crippen molar-refractivity contribution in [2.45, 2.75) is 0 Å². The summed E-state index contributed by atoms with van der Waals surface area (Å²) < 4.78 is 1.25. The van der Waals surface area contributed by atoms with E-state index in [1.807, 2.05) is 4.98 Å². The van der Waals surface area contributed by atoms with E-state index in [9.17, 15) is 19.2 Å². The molecule has 0 saturated heterocycles. The number of aromatic amines is 2. The van der Waals surface area contributed by atoms with E-state index in [2.05, 4.69) is 15.3 Å². The van der Waals surface area contributed by atoms with Gasteiger partial charge in [-0.15, -0.1) is 0 Å². The van der Waals surface area contributed by atoms with Gasteiger partial charge < -0.3 is 10.3 Å². The fourth-order valence-corrected chi connectivity index (χ4v) is 2.15. The maximum atomic E-state index is 12.3. The Morgan fingerprint density at radius 1 is 1.30 bits per heavy atom. The molecule has 3 N–H and O–H groups in total. The number of rotatable bonds is 2. The highest BCUT2D eigenvalue weighted by Gasteiger charge is 2.16. The molecule has 3 rings (SSSR count). The number of nitrogens with zero attached hydrogens (tertiary/aromatic N) is 2. The first-order valence-corrected chi connectivity index (χ1v) is 6.55.